The Hall–Kier alpha value is -2.54. The molecule has 3 rings (SSSR count). The van der Waals surface area contributed by atoms with Gasteiger partial charge in [-0.25, -0.2) is 0 Å². The van der Waals surface area contributed by atoms with Crippen molar-refractivity contribution in [2.75, 3.05) is 0 Å². The second-order valence-electron chi connectivity index (χ2n) is 5.66. The number of rotatable bonds is 7. The summed E-state index contributed by atoms with van der Waals surface area (Å²) in [6.07, 6.45) is 1.43. The molecule has 3 aromatic rings. The minimum Gasteiger partial charge on any atom is -0.391 e. The van der Waals surface area contributed by atoms with Gasteiger partial charge in [-0.3, -0.25) is 10.1 Å². The first-order valence-electron chi connectivity index (χ1n) is 8.13. The van der Waals surface area contributed by atoms with Crippen molar-refractivity contribution in [2.24, 2.45) is 5.16 Å². The fourth-order valence-electron chi connectivity index (χ4n) is 2.30. The molecule has 0 heterocycles. The van der Waals surface area contributed by atoms with E-state index in [1.54, 1.807) is 30.3 Å². The summed E-state index contributed by atoms with van der Waals surface area (Å²) in [5.41, 5.74) is 1.40. The van der Waals surface area contributed by atoms with Crippen LogP contribution in [0.5, 0.6) is 0 Å². The lowest BCUT2D eigenvalue weighted by molar-refractivity contribution is -0.387. The predicted octanol–water partition coefficient (Wildman–Crippen LogP) is 6.60. The highest BCUT2D eigenvalue weighted by molar-refractivity contribution is 7.99. The van der Waals surface area contributed by atoms with Crippen LogP contribution in [-0.4, -0.2) is 11.1 Å². The Morgan fingerprint density at radius 2 is 1.82 bits per heavy atom. The van der Waals surface area contributed by atoms with Gasteiger partial charge in [0.1, 0.15) is 6.61 Å². The Bertz CT molecular complexity index is 1010. The van der Waals surface area contributed by atoms with Crippen molar-refractivity contribution in [1.82, 2.24) is 0 Å². The van der Waals surface area contributed by atoms with Crippen LogP contribution in [-0.2, 0) is 11.4 Å². The van der Waals surface area contributed by atoms with Gasteiger partial charge in [0.2, 0.25) is 0 Å². The lowest BCUT2D eigenvalue weighted by Crippen LogP contribution is -1.94. The van der Waals surface area contributed by atoms with E-state index in [9.17, 15) is 10.1 Å². The number of nitrogens with zero attached hydrogens (tertiary/aromatic N) is 2. The molecule has 28 heavy (non-hydrogen) atoms. The summed E-state index contributed by atoms with van der Waals surface area (Å²) in [5.74, 6) is 0. The first kappa shape index (κ1) is 20.2. The molecule has 0 bridgehead atoms. The standard InChI is InChI=1S/C20H14Cl2N2O3S/c21-17-8-6-15(10-18(17)22)13-27-23-12-14-7-9-20(19(11-14)24(25)26)28-16-4-2-1-3-5-16/h1-12H,13H2. The second kappa shape index (κ2) is 9.59. The maximum absolute atomic E-state index is 11.4. The lowest BCUT2D eigenvalue weighted by Gasteiger charge is -2.04. The van der Waals surface area contributed by atoms with Gasteiger partial charge in [0.05, 0.1) is 26.1 Å². The van der Waals surface area contributed by atoms with E-state index in [1.165, 1.54) is 24.0 Å². The largest absolute Gasteiger partial charge is 0.391 e. The maximum Gasteiger partial charge on any atom is 0.283 e. The molecule has 142 valence electrons. The van der Waals surface area contributed by atoms with Crippen LogP contribution >= 0.6 is 35.0 Å². The van der Waals surface area contributed by atoms with E-state index in [1.807, 2.05) is 30.3 Å². The third-order valence-electron chi connectivity index (χ3n) is 3.64. The molecule has 0 N–H and O–H groups in total. The first-order chi connectivity index (χ1) is 13.5. The summed E-state index contributed by atoms with van der Waals surface area (Å²) >= 11 is 13.2. The molecule has 0 aliphatic heterocycles. The van der Waals surface area contributed by atoms with Gasteiger partial charge >= 0.3 is 0 Å². The molecule has 5 nitrogen and oxygen atoms in total. The normalized spacial score (nSPS) is 10.9. The Morgan fingerprint density at radius 1 is 1.04 bits per heavy atom. The number of hydrogen-bond acceptors (Lipinski definition) is 5. The van der Waals surface area contributed by atoms with E-state index in [2.05, 4.69) is 5.16 Å². The second-order valence-corrected chi connectivity index (χ2v) is 7.59. The molecule has 0 fully saturated rings. The maximum atomic E-state index is 11.4. The van der Waals surface area contributed by atoms with Crippen LogP contribution in [0.1, 0.15) is 11.1 Å². The molecule has 0 spiro atoms. The molecule has 0 saturated heterocycles. The average Bonchev–Trinajstić information content (AvgIpc) is 2.69. The first-order valence-corrected chi connectivity index (χ1v) is 9.71. The number of oxime groups is 1. The molecule has 0 amide bonds. The van der Waals surface area contributed by atoms with Crippen LogP contribution in [0.3, 0.4) is 0 Å². The SMILES string of the molecule is O=[N+]([O-])c1cc(C=NOCc2ccc(Cl)c(Cl)c2)ccc1Sc1ccccc1. The van der Waals surface area contributed by atoms with Gasteiger partial charge in [-0.05, 0) is 35.9 Å². The van der Waals surface area contributed by atoms with Crippen LogP contribution in [0.4, 0.5) is 5.69 Å². The van der Waals surface area contributed by atoms with Gasteiger partial charge in [0.25, 0.3) is 5.69 Å². The summed E-state index contributed by atoms with van der Waals surface area (Å²) in [7, 11) is 0. The minimum atomic E-state index is -0.404. The molecule has 0 aliphatic rings. The Kier molecular flexibility index (Phi) is 6.92. The number of nitro benzene ring substituents is 1. The molecule has 8 heteroatoms. The molecular formula is C20H14Cl2N2O3S. The summed E-state index contributed by atoms with van der Waals surface area (Å²) in [6, 6.07) is 19.6. The van der Waals surface area contributed by atoms with E-state index < -0.39 is 4.92 Å². The minimum absolute atomic E-state index is 0.0160. The highest BCUT2D eigenvalue weighted by atomic mass is 35.5. The van der Waals surface area contributed by atoms with Crippen molar-refractivity contribution in [3.8, 4) is 0 Å². The quantitative estimate of drug-likeness (QED) is 0.239. The van der Waals surface area contributed by atoms with Crippen molar-refractivity contribution in [3.05, 3.63) is 98.0 Å². The van der Waals surface area contributed by atoms with Crippen molar-refractivity contribution >= 4 is 46.9 Å². The highest BCUT2D eigenvalue weighted by Crippen LogP contribution is 2.35. The molecular weight excluding hydrogens is 419 g/mol. The smallest absolute Gasteiger partial charge is 0.283 e. The van der Waals surface area contributed by atoms with Gasteiger partial charge < -0.3 is 4.84 Å². The summed E-state index contributed by atoms with van der Waals surface area (Å²) in [4.78, 5) is 17.8. The molecule has 3 aromatic carbocycles. The fourth-order valence-corrected chi connectivity index (χ4v) is 3.54. The number of nitro groups is 1. The topological polar surface area (TPSA) is 64.7 Å². The molecule has 0 unspecified atom stereocenters. The van der Waals surface area contributed by atoms with Gasteiger partial charge in [-0.1, -0.05) is 70.5 Å². The number of benzene rings is 3. The lowest BCUT2D eigenvalue weighted by atomic mass is 10.2. The van der Waals surface area contributed by atoms with E-state index in [0.29, 0.717) is 20.5 Å². The zero-order chi connectivity index (χ0) is 19.9. The zero-order valence-electron chi connectivity index (χ0n) is 14.4. The van der Waals surface area contributed by atoms with E-state index in [4.69, 9.17) is 28.0 Å². The molecule has 0 atom stereocenters. The van der Waals surface area contributed by atoms with Gasteiger partial charge in [-0.2, -0.15) is 0 Å². The predicted molar refractivity (Wildman–Crippen MR) is 113 cm³/mol. The van der Waals surface area contributed by atoms with Crippen molar-refractivity contribution in [2.45, 2.75) is 16.4 Å². The van der Waals surface area contributed by atoms with Crippen LogP contribution in [0, 0.1) is 10.1 Å². The molecule has 0 aromatic heterocycles. The summed E-state index contributed by atoms with van der Waals surface area (Å²) < 4.78 is 0. The van der Waals surface area contributed by atoms with E-state index in [-0.39, 0.29) is 12.3 Å². The van der Waals surface area contributed by atoms with E-state index >= 15 is 0 Å². The highest BCUT2D eigenvalue weighted by Gasteiger charge is 2.15. The van der Waals surface area contributed by atoms with Crippen LogP contribution in [0.2, 0.25) is 10.0 Å². The van der Waals surface area contributed by atoms with Crippen LogP contribution < -0.4 is 0 Å². The van der Waals surface area contributed by atoms with Crippen LogP contribution in [0.25, 0.3) is 0 Å². The van der Waals surface area contributed by atoms with Crippen molar-refractivity contribution in [3.63, 3.8) is 0 Å². The Morgan fingerprint density at radius 3 is 2.54 bits per heavy atom. The Balaban J connectivity index is 1.68. The Labute approximate surface area is 176 Å². The summed E-state index contributed by atoms with van der Waals surface area (Å²) in [6.45, 7) is 0.206. The van der Waals surface area contributed by atoms with Crippen LogP contribution in [0.15, 0.2) is 81.7 Å². The monoisotopic (exact) mass is 432 g/mol. The molecule has 0 radical (unpaired) electrons. The zero-order valence-corrected chi connectivity index (χ0v) is 16.7. The summed E-state index contributed by atoms with van der Waals surface area (Å²) in [5, 5.41) is 16.2. The third kappa shape index (κ3) is 5.48. The van der Waals surface area contributed by atoms with Crippen molar-refractivity contribution in [1.29, 1.82) is 0 Å². The van der Waals surface area contributed by atoms with E-state index in [0.717, 1.165) is 10.5 Å². The third-order valence-corrected chi connectivity index (χ3v) is 5.45. The van der Waals surface area contributed by atoms with Gasteiger partial charge in [0.15, 0.2) is 0 Å². The number of halogens is 2. The number of hydrogen-bond donors (Lipinski definition) is 0. The fraction of sp³-hybridized carbons (Fsp3) is 0.0500. The van der Waals surface area contributed by atoms with Gasteiger partial charge in [-0.15, -0.1) is 0 Å². The molecule has 0 aliphatic carbocycles. The average molecular weight is 433 g/mol. The molecule has 0 saturated carbocycles. The van der Waals surface area contributed by atoms with Crippen molar-refractivity contribution < 1.29 is 9.76 Å². The van der Waals surface area contributed by atoms with Gasteiger partial charge in [0, 0.05) is 16.5 Å².